The third kappa shape index (κ3) is 6.09. The van der Waals surface area contributed by atoms with Crippen LogP contribution in [-0.2, 0) is 6.18 Å². The molecule has 0 N–H and O–H groups in total. The molecule has 1 saturated heterocycles. The van der Waals surface area contributed by atoms with Crippen LogP contribution in [0.3, 0.4) is 0 Å². The molecule has 0 bridgehead atoms. The lowest BCUT2D eigenvalue weighted by Crippen LogP contribution is -2.41. The summed E-state index contributed by atoms with van der Waals surface area (Å²) in [6.45, 7) is 3.15. The zero-order chi connectivity index (χ0) is 25.0. The maximum Gasteiger partial charge on any atom is 0.417 e. The van der Waals surface area contributed by atoms with E-state index in [2.05, 4.69) is 19.9 Å². The summed E-state index contributed by atoms with van der Waals surface area (Å²) in [5, 5.41) is 0. The molecule has 0 aromatic carbocycles. The molecule has 3 aromatic rings. The van der Waals surface area contributed by atoms with Crippen LogP contribution in [-0.4, -0.2) is 50.4 Å². The zero-order valence-corrected chi connectivity index (χ0v) is 18.9. The number of hydrogen-bond donors (Lipinski definition) is 0. The van der Waals surface area contributed by atoms with Gasteiger partial charge in [-0.25, -0.2) is 19.3 Å². The summed E-state index contributed by atoms with van der Waals surface area (Å²) >= 11 is 0. The van der Waals surface area contributed by atoms with Crippen molar-refractivity contribution in [2.24, 2.45) is 5.92 Å². The van der Waals surface area contributed by atoms with E-state index in [-0.39, 0.29) is 35.8 Å². The van der Waals surface area contributed by atoms with Gasteiger partial charge in [-0.05, 0) is 49.8 Å². The van der Waals surface area contributed by atoms with Crippen LogP contribution in [0.25, 0.3) is 11.4 Å². The largest absolute Gasteiger partial charge is 0.478 e. The van der Waals surface area contributed by atoms with Crippen molar-refractivity contribution in [3.63, 3.8) is 0 Å². The maximum absolute atomic E-state index is 13.3. The van der Waals surface area contributed by atoms with Crippen LogP contribution in [0, 0.1) is 18.7 Å². The van der Waals surface area contributed by atoms with Crippen molar-refractivity contribution in [1.29, 1.82) is 0 Å². The fourth-order valence-corrected chi connectivity index (χ4v) is 3.96. The molecule has 3 aromatic heterocycles. The number of rotatable bonds is 6. The van der Waals surface area contributed by atoms with Gasteiger partial charge in [0.15, 0.2) is 11.6 Å². The molecule has 4 heterocycles. The Morgan fingerprint density at radius 3 is 2.57 bits per heavy atom. The van der Waals surface area contributed by atoms with Gasteiger partial charge in [0.2, 0.25) is 5.88 Å². The maximum atomic E-state index is 13.3. The van der Waals surface area contributed by atoms with Crippen LogP contribution >= 0.6 is 0 Å². The average Bonchev–Trinajstić information content (AvgIpc) is 2.84. The van der Waals surface area contributed by atoms with E-state index < -0.39 is 17.6 Å². The van der Waals surface area contributed by atoms with E-state index in [1.807, 2.05) is 6.92 Å². The van der Waals surface area contributed by atoms with Gasteiger partial charge in [0, 0.05) is 31.5 Å². The minimum Gasteiger partial charge on any atom is -0.478 e. The van der Waals surface area contributed by atoms with Crippen molar-refractivity contribution in [2.45, 2.75) is 32.4 Å². The third-order valence-corrected chi connectivity index (χ3v) is 5.73. The van der Waals surface area contributed by atoms with Crippen LogP contribution in [0.4, 0.5) is 17.6 Å². The van der Waals surface area contributed by atoms with Gasteiger partial charge in [-0.1, -0.05) is 0 Å². The van der Waals surface area contributed by atoms with Gasteiger partial charge in [0.1, 0.15) is 5.69 Å². The number of aryl methyl sites for hydroxylation is 1. The van der Waals surface area contributed by atoms with Crippen LogP contribution in [0.5, 0.6) is 5.88 Å². The molecule has 4 rings (SSSR count). The Bertz CT molecular complexity index is 1170. The molecule has 0 aliphatic carbocycles. The van der Waals surface area contributed by atoms with Crippen molar-refractivity contribution in [1.82, 2.24) is 24.8 Å². The summed E-state index contributed by atoms with van der Waals surface area (Å²) < 4.78 is 56.8. The van der Waals surface area contributed by atoms with Gasteiger partial charge >= 0.3 is 6.18 Å². The standard InChI is InChI=1S/C24H23F4N5O2/c1-15-9-19(22-31-12-18(25)13-32-22)21(30-10-15)23(34)33-7-2-3-16(14-33)6-8-35-20-5-4-17(11-29-20)24(26,27)28/h4-5,9-13,16H,2-3,6-8,14H2,1H3. The van der Waals surface area contributed by atoms with E-state index >= 15 is 0 Å². The second-order valence-electron chi connectivity index (χ2n) is 8.41. The molecule has 1 aliphatic heterocycles. The Morgan fingerprint density at radius 1 is 1.11 bits per heavy atom. The highest BCUT2D eigenvalue weighted by molar-refractivity contribution is 5.98. The van der Waals surface area contributed by atoms with Gasteiger partial charge in [0.25, 0.3) is 5.91 Å². The summed E-state index contributed by atoms with van der Waals surface area (Å²) in [7, 11) is 0. The molecule has 1 atom stereocenters. The first kappa shape index (κ1) is 24.5. The molecular formula is C24H23F4N5O2. The van der Waals surface area contributed by atoms with Crippen LogP contribution in [0.1, 0.15) is 40.9 Å². The van der Waals surface area contributed by atoms with Crippen molar-refractivity contribution >= 4 is 5.91 Å². The van der Waals surface area contributed by atoms with Crippen molar-refractivity contribution in [2.75, 3.05) is 19.7 Å². The number of alkyl halides is 3. The first-order valence-electron chi connectivity index (χ1n) is 11.1. The lowest BCUT2D eigenvalue weighted by molar-refractivity contribution is -0.137. The number of aromatic nitrogens is 4. The highest BCUT2D eigenvalue weighted by atomic mass is 19.4. The van der Waals surface area contributed by atoms with Gasteiger partial charge in [0.05, 0.1) is 30.1 Å². The lowest BCUT2D eigenvalue weighted by Gasteiger charge is -2.33. The second-order valence-corrected chi connectivity index (χ2v) is 8.41. The molecule has 7 nitrogen and oxygen atoms in total. The summed E-state index contributed by atoms with van der Waals surface area (Å²) in [6, 6.07) is 3.88. The summed E-state index contributed by atoms with van der Waals surface area (Å²) in [6.07, 6.45) is 2.27. The monoisotopic (exact) mass is 489 g/mol. The summed E-state index contributed by atoms with van der Waals surface area (Å²) in [5.74, 6) is -0.345. The van der Waals surface area contributed by atoms with Crippen molar-refractivity contribution < 1.29 is 27.1 Å². The molecule has 35 heavy (non-hydrogen) atoms. The number of hydrogen-bond acceptors (Lipinski definition) is 6. The number of amides is 1. The number of nitrogens with zero attached hydrogens (tertiary/aromatic N) is 5. The lowest BCUT2D eigenvalue weighted by atomic mass is 9.94. The van der Waals surface area contributed by atoms with E-state index in [0.29, 0.717) is 25.1 Å². The van der Waals surface area contributed by atoms with E-state index in [4.69, 9.17) is 4.74 Å². The normalized spacial score (nSPS) is 16.3. The van der Waals surface area contributed by atoms with Crippen molar-refractivity contribution in [3.8, 4) is 17.3 Å². The van der Waals surface area contributed by atoms with Gasteiger partial charge in [-0.15, -0.1) is 0 Å². The molecular weight excluding hydrogens is 466 g/mol. The fraction of sp³-hybridized carbons (Fsp3) is 0.375. The molecule has 0 spiro atoms. The average molecular weight is 489 g/mol. The SMILES string of the molecule is Cc1cnc(C(=O)N2CCCC(CCOc3ccc(C(F)(F)F)cn3)C2)c(-c2ncc(F)cn2)c1. The predicted molar refractivity (Wildman–Crippen MR) is 118 cm³/mol. The quantitative estimate of drug-likeness (QED) is 0.466. The minimum absolute atomic E-state index is 0.120. The van der Waals surface area contributed by atoms with Gasteiger partial charge in [-0.2, -0.15) is 13.2 Å². The van der Waals surface area contributed by atoms with E-state index in [9.17, 15) is 22.4 Å². The molecule has 1 aliphatic rings. The molecule has 1 fully saturated rings. The minimum atomic E-state index is -4.45. The molecule has 184 valence electrons. The second kappa shape index (κ2) is 10.3. The number of carbonyl (C=O) groups is 1. The van der Waals surface area contributed by atoms with Crippen LogP contribution < -0.4 is 4.74 Å². The third-order valence-electron chi connectivity index (χ3n) is 5.73. The zero-order valence-electron chi connectivity index (χ0n) is 18.9. The first-order chi connectivity index (χ1) is 16.7. The Kier molecular flexibility index (Phi) is 7.23. The van der Waals surface area contributed by atoms with Crippen molar-refractivity contribution in [3.05, 3.63) is 65.6 Å². The highest BCUT2D eigenvalue weighted by Crippen LogP contribution is 2.29. The molecule has 0 radical (unpaired) electrons. The Morgan fingerprint density at radius 2 is 1.89 bits per heavy atom. The predicted octanol–water partition coefficient (Wildman–Crippen LogP) is 4.72. The number of pyridine rings is 2. The molecule has 0 saturated carbocycles. The summed E-state index contributed by atoms with van der Waals surface area (Å²) in [4.78, 5) is 31.1. The fourth-order valence-electron chi connectivity index (χ4n) is 3.96. The molecule has 1 unspecified atom stereocenters. The highest BCUT2D eigenvalue weighted by Gasteiger charge is 2.31. The van der Waals surface area contributed by atoms with Gasteiger partial charge in [-0.3, -0.25) is 9.78 Å². The van der Waals surface area contributed by atoms with Gasteiger partial charge < -0.3 is 9.64 Å². The number of likely N-dealkylation sites (tertiary alicyclic amines) is 1. The topological polar surface area (TPSA) is 81.1 Å². The van der Waals surface area contributed by atoms with Crippen LogP contribution in [0.2, 0.25) is 0 Å². The smallest absolute Gasteiger partial charge is 0.417 e. The van der Waals surface area contributed by atoms with E-state index in [1.165, 1.54) is 6.07 Å². The number of carbonyl (C=O) groups excluding carboxylic acids is 1. The van der Waals surface area contributed by atoms with E-state index in [0.717, 1.165) is 43.1 Å². The molecule has 11 heteroatoms. The number of piperidine rings is 1. The Labute approximate surface area is 199 Å². The van der Waals surface area contributed by atoms with E-state index in [1.54, 1.807) is 17.2 Å². The van der Waals surface area contributed by atoms with Crippen LogP contribution in [0.15, 0.2) is 43.0 Å². The first-order valence-corrected chi connectivity index (χ1v) is 11.1. The number of ether oxygens (including phenoxy) is 1. The Hall–Kier alpha value is -3.63. The summed E-state index contributed by atoms with van der Waals surface area (Å²) in [5.41, 5.74) is 0.623. The number of halogens is 4. The molecule has 1 amide bonds. The Balaban J connectivity index is 1.38.